The summed E-state index contributed by atoms with van der Waals surface area (Å²) < 4.78 is 5.75. The molecule has 3 aliphatic heterocycles. The Morgan fingerprint density at radius 1 is 1.20 bits per heavy atom. The van der Waals surface area contributed by atoms with Gasteiger partial charge in [0, 0.05) is 18.2 Å². The molecule has 3 aliphatic rings. The number of fused-ring (bicyclic) bond motifs is 7. The lowest BCUT2D eigenvalue weighted by Crippen LogP contribution is -2.46. The molecule has 5 rings (SSSR count). The quantitative estimate of drug-likeness (QED) is 0.579. The van der Waals surface area contributed by atoms with E-state index in [1.807, 2.05) is 34.3 Å². The highest BCUT2D eigenvalue weighted by molar-refractivity contribution is 5.94. The lowest BCUT2D eigenvalue weighted by atomic mass is 10.1. The van der Waals surface area contributed by atoms with Crippen LogP contribution in [0, 0.1) is 10.1 Å². The van der Waals surface area contributed by atoms with Crippen LogP contribution in [0.4, 0.5) is 11.4 Å². The zero-order valence-electron chi connectivity index (χ0n) is 16.4. The number of aliphatic hydroxyl groups excluding tert-OH is 1. The summed E-state index contributed by atoms with van der Waals surface area (Å²) in [4.78, 5) is 24.0. The van der Waals surface area contributed by atoms with Crippen molar-refractivity contribution in [2.45, 2.75) is 19.4 Å². The van der Waals surface area contributed by atoms with Crippen molar-refractivity contribution in [3.05, 3.63) is 63.7 Å². The van der Waals surface area contributed by atoms with Crippen LogP contribution >= 0.6 is 0 Å². The normalized spacial score (nSPS) is 18.9. The van der Waals surface area contributed by atoms with Gasteiger partial charge in [-0.1, -0.05) is 0 Å². The van der Waals surface area contributed by atoms with Gasteiger partial charge >= 0.3 is 0 Å². The fourth-order valence-electron chi connectivity index (χ4n) is 3.56. The van der Waals surface area contributed by atoms with E-state index in [0.717, 1.165) is 24.3 Å². The summed E-state index contributed by atoms with van der Waals surface area (Å²) in [7, 11) is 0. The van der Waals surface area contributed by atoms with E-state index in [-0.39, 0.29) is 22.7 Å². The average molecular weight is 413 g/mol. The summed E-state index contributed by atoms with van der Waals surface area (Å²) in [5.41, 5.74) is 4.33. The minimum atomic E-state index is -0.581. The molecular weight excluding hydrogens is 390 g/mol. The van der Waals surface area contributed by atoms with E-state index < -0.39 is 11.5 Å². The van der Waals surface area contributed by atoms with Gasteiger partial charge in [0.25, 0.3) is 11.6 Å². The van der Waals surface area contributed by atoms with Crippen LogP contribution in [0.25, 0.3) is 0 Å². The summed E-state index contributed by atoms with van der Waals surface area (Å²) in [6, 6.07) is 11.9. The number of hydrogen-bond donors (Lipinski definition) is 2. The standard InChI is InChI=1S/C20H23N5O5/c26-12-16-4-3-15(11-19(16)25(28)29)20(27)24-9-1-2-10-30-18-7-5-17(6-8-18)23-14-22(24)13-21-23/h3-8,11,21,26H,1-2,9-10,12-14H2. The molecule has 1 atom stereocenters. The minimum Gasteiger partial charge on any atom is -0.494 e. The molecule has 2 N–H and O–H groups in total. The van der Waals surface area contributed by atoms with E-state index in [0.29, 0.717) is 26.5 Å². The summed E-state index contributed by atoms with van der Waals surface area (Å²) >= 11 is 0. The zero-order chi connectivity index (χ0) is 21.1. The average Bonchev–Trinajstić information content (AvgIpc) is 3.25. The predicted octanol–water partition coefficient (Wildman–Crippen LogP) is 1.86. The number of hydrogen-bond acceptors (Lipinski definition) is 8. The molecule has 2 aromatic carbocycles. The molecule has 0 radical (unpaired) electrons. The second-order valence-electron chi connectivity index (χ2n) is 7.13. The van der Waals surface area contributed by atoms with Crippen molar-refractivity contribution in [1.29, 1.82) is 0 Å². The van der Waals surface area contributed by atoms with Gasteiger partial charge in [-0.2, -0.15) is 5.01 Å². The fourth-order valence-corrected chi connectivity index (χ4v) is 3.56. The molecule has 158 valence electrons. The number of carbonyl (C=O) groups is 1. The number of anilines is 1. The lowest BCUT2D eigenvalue weighted by molar-refractivity contribution is -0.385. The van der Waals surface area contributed by atoms with E-state index in [2.05, 4.69) is 5.43 Å². The molecule has 0 saturated carbocycles. The highest BCUT2D eigenvalue weighted by atomic mass is 16.6. The molecule has 10 nitrogen and oxygen atoms in total. The molecule has 10 heteroatoms. The maximum absolute atomic E-state index is 13.3. The van der Waals surface area contributed by atoms with Crippen molar-refractivity contribution in [2.24, 2.45) is 0 Å². The number of aliphatic hydroxyl groups is 1. The molecule has 0 spiro atoms. The van der Waals surface area contributed by atoms with E-state index in [4.69, 9.17) is 4.74 Å². The number of nitro benzene ring substituents is 1. The van der Waals surface area contributed by atoms with Gasteiger partial charge in [0.2, 0.25) is 0 Å². The van der Waals surface area contributed by atoms with Crippen LogP contribution in [0.2, 0.25) is 0 Å². The van der Waals surface area contributed by atoms with E-state index in [1.54, 1.807) is 5.01 Å². The largest absolute Gasteiger partial charge is 0.494 e. The van der Waals surface area contributed by atoms with Gasteiger partial charge in [0.1, 0.15) is 12.4 Å². The first-order valence-electron chi connectivity index (χ1n) is 9.75. The number of ether oxygens (including phenoxy) is 1. The molecule has 2 aromatic rings. The van der Waals surface area contributed by atoms with Crippen LogP contribution in [-0.4, -0.2) is 52.4 Å². The van der Waals surface area contributed by atoms with Crippen LogP contribution in [0.15, 0.2) is 42.5 Å². The Morgan fingerprint density at radius 3 is 2.73 bits per heavy atom. The minimum absolute atomic E-state index is 0.177. The third-order valence-electron chi connectivity index (χ3n) is 5.21. The Morgan fingerprint density at radius 2 is 2.00 bits per heavy atom. The van der Waals surface area contributed by atoms with Gasteiger partial charge in [-0.3, -0.25) is 24.9 Å². The van der Waals surface area contributed by atoms with E-state index in [9.17, 15) is 20.0 Å². The van der Waals surface area contributed by atoms with E-state index >= 15 is 0 Å². The number of rotatable bonds is 3. The van der Waals surface area contributed by atoms with Crippen LogP contribution in [0.1, 0.15) is 28.8 Å². The van der Waals surface area contributed by atoms with Crippen LogP contribution < -0.4 is 15.2 Å². The van der Waals surface area contributed by atoms with Gasteiger partial charge in [0.15, 0.2) is 0 Å². The van der Waals surface area contributed by atoms with Gasteiger partial charge in [-0.05, 0) is 49.2 Å². The topological polar surface area (TPSA) is 111 Å². The van der Waals surface area contributed by atoms with Gasteiger partial charge in [0.05, 0.1) is 36.1 Å². The van der Waals surface area contributed by atoms with Gasteiger partial charge in [-0.15, -0.1) is 0 Å². The lowest BCUT2D eigenvalue weighted by Gasteiger charge is -2.31. The molecular formula is C20H23N5O5. The number of nitro groups is 1. The molecule has 1 saturated heterocycles. The summed E-state index contributed by atoms with van der Waals surface area (Å²) in [5.74, 6) is 0.482. The first-order valence-corrected chi connectivity index (χ1v) is 9.75. The second-order valence-corrected chi connectivity index (χ2v) is 7.13. The van der Waals surface area contributed by atoms with Crippen molar-refractivity contribution in [3.63, 3.8) is 0 Å². The summed E-state index contributed by atoms with van der Waals surface area (Å²) in [6.07, 6.45) is 1.48. The number of hydrazine groups is 2. The Balaban J connectivity index is 1.60. The highest BCUT2D eigenvalue weighted by Gasteiger charge is 2.30. The maximum atomic E-state index is 13.3. The number of amides is 1. The summed E-state index contributed by atoms with van der Waals surface area (Å²) in [6.45, 7) is 1.42. The molecule has 0 aromatic heterocycles. The smallest absolute Gasteiger partial charge is 0.275 e. The molecule has 3 heterocycles. The Hall–Kier alpha value is -3.21. The third-order valence-corrected chi connectivity index (χ3v) is 5.21. The number of nitrogens with zero attached hydrogens (tertiary/aromatic N) is 4. The van der Waals surface area contributed by atoms with Crippen molar-refractivity contribution in [1.82, 2.24) is 15.4 Å². The monoisotopic (exact) mass is 413 g/mol. The molecule has 0 aliphatic carbocycles. The van der Waals surface area contributed by atoms with Gasteiger partial charge in [-0.25, -0.2) is 5.43 Å². The first kappa shape index (κ1) is 20.1. The first-order chi connectivity index (χ1) is 14.6. The molecule has 1 unspecified atom stereocenters. The van der Waals surface area contributed by atoms with Crippen molar-refractivity contribution < 1.29 is 19.6 Å². The zero-order valence-corrected chi connectivity index (χ0v) is 16.4. The molecule has 30 heavy (non-hydrogen) atoms. The van der Waals surface area contributed by atoms with Crippen molar-refractivity contribution in [2.75, 3.05) is 31.5 Å². The number of nitrogens with one attached hydrogen (secondary N) is 1. The maximum Gasteiger partial charge on any atom is 0.275 e. The fraction of sp³-hybridized carbons (Fsp3) is 0.350. The van der Waals surface area contributed by atoms with E-state index in [1.165, 1.54) is 18.2 Å². The number of benzene rings is 2. The second kappa shape index (κ2) is 8.66. The van der Waals surface area contributed by atoms with Gasteiger partial charge < -0.3 is 9.84 Å². The Labute approximate surface area is 173 Å². The van der Waals surface area contributed by atoms with Crippen LogP contribution in [0.3, 0.4) is 0 Å². The van der Waals surface area contributed by atoms with Crippen molar-refractivity contribution in [3.8, 4) is 5.75 Å². The SMILES string of the molecule is O=C(c1ccc(CO)c([N+](=O)[O-])c1)N1CCCCOc2ccc(cc2)N2CN1CN2. The highest BCUT2D eigenvalue weighted by Crippen LogP contribution is 2.25. The third kappa shape index (κ3) is 4.06. The molecule has 4 bridgehead atoms. The summed E-state index contributed by atoms with van der Waals surface area (Å²) in [5, 5.41) is 26.1. The molecule has 1 fully saturated rings. The Kier molecular flexibility index (Phi) is 5.79. The van der Waals surface area contributed by atoms with Crippen molar-refractivity contribution >= 4 is 17.3 Å². The Bertz CT molecular complexity index is 936. The number of carbonyl (C=O) groups excluding carboxylic acids is 1. The van der Waals surface area contributed by atoms with Crippen LogP contribution in [-0.2, 0) is 6.61 Å². The van der Waals surface area contributed by atoms with Crippen LogP contribution in [0.5, 0.6) is 5.75 Å². The molecule has 1 amide bonds. The predicted molar refractivity (Wildman–Crippen MR) is 108 cm³/mol.